The Kier molecular flexibility index (Phi) is 4.24. The molecule has 0 saturated heterocycles. The lowest BCUT2D eigenvalue weighted by molar-refractivity contribution is 0.0665. The van der Waals surface area contributed by atoms with Gasteiger partial charge in [-0.05, 0) is 32.4 Å². The highest BCUT2D eigenvalue weighted by atomic mass is 16.5. The van der Waals surface area contributed by atoms with E-state index in [4.69, 9.17) is 15.0 Å². The van der Waals surface area contributed by atoms with E-state index in [1.807, 2.05) is 32.9 Å². The molecule has 0 radical (unpaired) electrons. The summed E-state index contributed by atoms with van der Waals surface area (Å²) in [5.41, 5.74) is 7.60. The summed E-state index contributed by atoms with van der Waals surface area (Å²) in [6.45, 7) is 6.20. The molecular weight excluding hydrogens is 244 g/mol. The van der Waals surface area contributed by atoms with Crippen molar-refractivity contribution in [2.45, 2.75) is 32.9 Å². The van der Waals surface area contributed by atoms with E-state index in [0.29, 0.717) is 24.0 Å². The van der Waals surface area contributed by atoms with Crippen LogP contribution in [0.5, 0.6) is 0 Å². The molecule has 6 nitrogen and oxygen atoms in total. The lowest BCUT2D eigenvalue weighted by atomic mass is 10.2. The van der Waals surface area contributed by atoms with E-state index >= 15 is 0 Å². The second-order valence-electron chi connectivity index (χ2n) is 4.62. The van der Waals surface area contributed by atoms with Crippen LogP contribution in [0, 0.1) is 6.92 Å². The van der Waals surface area contributed by atoms with Crippen LogP contribution >= 0.6 is 0 Å². The maximum Gasteiger partial charge on any atom is 0.276 e. The number of hydrogen-bond acceptors (Lipinski definition) is 6. The zero-order valence-electron chi connectivity index (χ0n) is 11.3. The van der Waals surface area contributed by atoms with Gasteiger partial charge in [-0.1, -0.05) is 11.2 Å². The molecule has 0 aromatic carbocycles. The number of hydrogen-bond donors (Lipinski definition) is 1. The van der Waals surface area contributed by atoms with Crippen molar-refractivity contribution in [1.82, 2.24) is 15.1 Å². The van der Waals surface area contributed by atoms with Crippen LogP contribution in [-0.4, -0.2) is 27.8 Å². The van der Waals surface area contributed by atoms with Gasteiger partial charge in [-0.25, -0.2) is 0 Å². The lowest BCUT2D eigenvalue weighted by Gasteiger charge is -2.10. The predicted octanol–water partition coefficient (Wildman–Crippen LogP) is 1.86. The van der Waals surface area contributed by atoms with Crippen LogP contribution in [0.25, 0.3) is 11.6 Å². The van der Waals surface area contributed by atoms with E-state index in [-0.39, 0.29) is 6.10 Å². The van der Waals surface area contributed by atoms with E-state index in [9.17, 15) is 0 Å². The van der Waals surface area contributed by atoms with Gasteiger partial charge in [0.2, 0.25) is 0 Å². The second kappa shape index (κ2) is 5.90. The molecule has 0 aliphatic heterocycles. The first-order valence-electron chi connectivity index (χ1n) is 6.20. The Morgan fingerprint density at radius 3 is 2.89 bits per heavy atom. The van der Waals surface area contributed by atoms with Gasteiger partial charge in [-0.3, -0.25) is 4.98 Å². The Morgan fingerprint density at radius 1 is 1.42 bits per heavy atom. The van der Waals surface area contributed by atoms with E-state index in [2.05, 4.69) is 15.1 Å². The van der Waals surface area contributed by atoms with Gasteiger partial charge < -0.3 is 15.0 Å². The zero-order valence-corrected chi connectivity index (χ0v) is 11.3. The molecule has 1 atom stereocenters. The molecule has 2 heterocycles. The molecule has 0 aliphatic carbocycles. The number of aryl methyl sites for hydroxylation is 1. The third-order valence-electron chi connectivity index (χ3n) is 2.59. The van der Waals surface area contributed by atoms with Crippen LogP contribution in [0.4, 0.5) is 0 Å². The summed E-state index contributed by atoms with van der Waals surface area (Å²) in [5, 5.41) is 3.88. The van der Waals surface area contributed by atoms with E-state index in [1.54, 1.807) is 6.20 Å². The van der Waals surface area contributed by atoms with Crippen molar-refractivity contribution in [3.05, 3.63) is 29.7 Å². The minimum absolute atomic E-state index is 0.121. The topological polar surface area (TPSA) is 87.1 Å². The second-order valence-corrected chi connectivity index (χ2v) is 4.62. The van der Waals surface area contributed by atoms with Crippen molar-refractivity contribution >= 4 is 0 Å². The molecule has 0 amide bonds. The van der Waals surface area contributed by atoms with E-state index < -0.39 is 6.04 Å². The smallest absolute Gasteiger partial charge is 0.276 e. The maximum absolute atomic E-state index is 5.94. The standard InChI is InChI=1S/C13H18N4O2/c1-8(2)18-7-10(14)12-16-13(19-17-12)11-9(3)5-4-6-15-11/h4-6,8,10H,7,14H2,1-3H3. The number of nitrogens with two attached hydrogens (primary N) is 1. The molecule has 0 bridgehead atoms. The summed E-state index contributed by atoms with van der Waals surface area (Å²) in [5.74, 6) is 0.814. The average molecular weight is 262 g/mol. The quantitative estimate of drug-likeness (QED) is 0.885. The highest BCUT2D eigenvalue weighted by Gasteiger charge is 2.17. The number of ether oxygens (including phenoxy) is 1. The largest absolute Gasteiger partial charge is 0.377 e. The van der Waals surface area contributed by atoms with E-state index in [0.717, 1.165) is 5.56 Å². The third-order valence-corrected chi connectivity index (χ3v) is 2.59. The van der Waals surface area contributed by atoms with Gasteiger partial charge in [-0.2, -0.15) is 4.98 Å². The summed E-state index contributed by atoms with van der Waals surface area (Å²) in [4.78, 5) is 8.50. The van der Waals surface area contributed by atoms with Gasteiger partial charge in [0.1, 0.15) is 5.69 Å². The minimum Gasteiger partial charge on any atom is -0.377 e. The average Bonchev–Trinajstić information content (AvgIpc) is 2.86. The molecule has 0 aliphatic rings. The van der Waals surface area contributed by atoms with Crippen LogP contribution in [-0.2, 0) is 4.74 Å². The van der Waals surface area contributed by atoms with Crippen LogP contribution in [0.1, 0.15) is 31.3 Å². The summed E-state index contributed by atoms with van der Waals surface area (Å²) < 4.78 is 10.6. The SMILES string of the molecule is Cc1cccnc1-c1nc(C(N)COC(C)C)no1. The van der Waals surface area contributed by atoms with Gasteiger partial charge >= 0.3 is 0 Å². The minimum atomic E-state index is -0.399. The number of pyridine rings is 1. The summed E-state index contributed by atoms with van der Waals surface area (Å²) in [6, 6.07) is 3.40. The van der Waals surface area contributed by atoms with Gasteiger partial charge in [0.25, 0.3) is 5.89 Å². The molecule has 2 aromatic heterocycles. The first kappa shape index (κ1) is 13.6. The fourth-order valence-electron chi connectivity index (χ4n) is 1.56. The maximum atomic E-state index is 5.94. The highest BCUT2D eigenvalue weighted by Crippen LogP contribution is 2.19. The van der Waals surface area contributed by atoms with Gasteiger partial charge in [0.15, 0.2) is 5.82 Å². The molecule has 19 heavy (non-hydrogen) atoms. The fraction of sp³-hybridized carbons (Fsp3) is 0.462. The number of nitrogens with zero attached hydrogens (tertiary/aromatic N) is 3. The molecule has 2 N–H and O–H groups in total. The van der Waals surface area contributed by atoms with Crippen molar-refractivity contribution in [3.63, 3.8) is 0 Å². The third kappa shape index (κ3) is 3.36. The zero-order chi connectivity index (χ0) is 13.8. The summed E-state index contributed by atoms with van der Waals surface area (Å²) in [6.07, 6.45) is 1.81. The van der Waals surface area contributed by atoms with Crippen molar-refractivity contribution in [2.24, 2.45) is 5.73 Å². The number of aromatic nitrogens is 3. The first-order valence-corrected chi connectivity index (χ1v) is 6.20. The normalized spacial score (nSPS) is 12.9. The van der Waals surface area contributed by atoms with Gasteiger partial charge in [0.05, 0.1) is 18.8 Å². The first-order chi connectivity index (χ1) is 9.08. The van der Waals surface area contributed by atoms with Crippen molar-refractivity contribution in [3.8, 4) is 11.6 Å². The van der Waals surface area contributed by atoms with E-state index in [1.165, 1.54) is 0 Å². The Balaban J connectivity index is 2.13. The highest BCUT2D eigenvalue weighted by molar-refractivity contribution is 5.51. The molecule has 0 spiro atoms. The van der Waals surface area contributed by atoms with Gasteiger partial charge in [0, 0.05) is 6.20 Å². The Labute approximate surface area is 112 Å². The van der Waals surface area contributed by atoms with Crippen LogP contribution in [0.2, 0.25) is 0 Å². The monoisotopic (exact) mass is 262 g/mol. The molecular formula is C13H18N4O2. The molecule has 0 fully saturated rings. The summed E-state index contributed by atoms with van der Waals surface area (Å²) >= 11 is 0. The van der Waals surface area contributed by atoms with Crippen LogP contribution in [0.3, 0.4) is 0 Å². The molecule has 1 unspecified atom stereocenters. The number of rotatable bonds is 5. The Hall–Kier alpha value is -1.79. The molecule has 2 aromatic rings. The van der Waals surface area contributed by atoms with Crippen LogP contribution < -0.4 is 5.73 Å². The lowest BCUT2D eigenvalue weighted by Crippen LogP contribution is -2.20. The summed E-state index contributed by atoms with van der Waals surface area (Å²) in [7, 11) is 0. The fourth-order valence-corrected chi connectivity index (χ4v) is 1.56. The molecule has 6 heteroatoms. The van der Waals surface area contributed by atoms with Crippen molar-refractivity contribution in [1.29, 1.82) is 0 Å². The molecule has 0 saturated carbocycles. The Bertz CT molecular complexity index is 539. The Morgan fingerprint density at radius 2 is 2.21 bits per heavy atom. The molecule has 2 rings (SSSR count). The van der Waals surface area contributed by atoms with Crippen molar-refractivity contribution in [2.75, 3.05) is 6.61 Å². The molecule has 102 valence electrons. The van der Waals surface area contributed by atoms with Gasteiger partial charge in [-0.15, -0.1) is 0 Å². The predicted molar refractivity (Wildman–Crippen MR) is 70.3 cm³/mol. The van der Waals surface area contributed by atoms with Crippen LogP contribution in [0.15, 0.2) is 22.9 Å². The van der Waals surface area contributed by atoms with Crippen molar-refractivity contribution < 1.29 is 9.26 Å².